The van der Waals surface area contributed by atoms with Crippen LogP contribution in [-0.4, -0.2) is 31.1 Å². The first-order valence-electron chi connectivity index (χ1n) is 8.45. The van der Waals surface area contributed by atoms with Gasteiger partial charge in [-0.1, -0.05) is 6.92 Å². The molecule has 1 unspecified atom stereocenters. The van der Waals surface area contributed by atoms with Gasteiger partial charge in [-0.3, -0.25) is 9.59 Å². The van der Waals surface area contributed by atoms with E-state index in [1.54, 1.807) is 44.4 Å². The molecule has 140 valence electrons. The van der Waals surface area contributed by atoms with Crippen LogP contribution in [0.5, 0.6) is 11.5 Å². The minimum atomic E-state index is -0.480. The largest absolute Gasteiger partial charge is 0.508 e. The van der Waals surface area contributed by atoms with E-state index in [1.165, 1.54) is 19.2 Å². The summed E-state index contributed by atoms with van der Waals surface area (Å²) in [6.07, 6.45) is 0.208. The van der Waals surface area contributed by atoms with Gasteiger partial charge in [-0.05, 0) is 42.5 Å². The summed E-state index contributed by atoms with van der Waals surface area (Å²) in [4.78, 5) is 25.0. The quantitative estimate of drug-likeness (QED) is 0.527. The Morgan fingerprint density at radius 1 is 1.11 bits per heavy atom. The van der Waals surface area contributed by atoms with E-state index in [4.69, 9.17) is 13.9 Å². The molecule has 0 saturated carbocycles. The van der Waals surface area contributed by atoms with Crippen LogP contribution in [0.4, 0.5) is 0 Å². The van der Waals surface area contributed by atoms with Crippen molar-refractivity contribution in [1.82, 2.24) is 0 Å². The number of fused-ring (bicyclic) bond motifs is 1. The highest BCUT2D eigenvalue weighted by Gasteiger charge is 2.26. The molecule has 1 aromatic heterocycles. The third-order valence-corrected chi connectivity index (χ3v) is 4.42. The monoisotopic (exact) mass is 368 g/mol. The van der Waals surface area contributed by atoms with Gasteiger partial charge >= 0.3 is 5.97 Å². The second-order valence-electron chi connectivity index (χ2n) is 6.27. The number of aromatic hydroxyl groups is 1. The Labute approximate surface area is 156 Å². The van der Waals surface area contributed by atoms with Crippen molar-refractivity contribution in [2.75, 3.05) is 14.2 Å². The van der Waals surface area contributed by atoms with Crippen LogP contribution < -0.4 is 4.74 Å². The number of benzene rings is 2. The third-order valence-electron chi connectivity index (χ3n) is 4.42. The summed E-state index contributed by atoms with van der Waals surface area (Å²) in [6.45, 7) is 1.71. The van der Waals surface area contributed by atoms with Crippen molar-refractivity contribution in [3.8, 4) is 11.5 Å². The van der Waals surface area contributed by atoms with Crippen molar-refractivity contribution in [3.63, 3.8) is 0 Å². The van der Waals surface area contributed by atoms with E-state index in [2.05, 4.69) is 0 Å². The highest BCUT2D eigenvalue weighted by Crippen LogP contribution is 2.32. The van der Waals surface area contributed by atoms with Gasteiger partial charge in [0.05, 0.1) is 25.7 Å². The topological polar surface area (TPSA) is 86.0 Å². The average Bonchev–Trinajstić information content (AvgIpc) is 3.03. The fraction of sp³-hybridized carbons (Fsp3) is 0.238. The molecule has 6 nitrogen and oxygen atoms in total. The number of esters is 1. The number of phenolic OH excluding ortho intramolecular Hbond substituents is 1. The predicted molar refractivity (Wildman–Crippen MR) is 99.2 cm³/mol. The Bertz CT molecular complexity index is 984. The lowest BCUT2D eigenvalue weighted by atomic mass is 9.96. The molecule has 0 fully saturated rings. The number of phenols is 1. The smallest absolute Gasteiger partial charge is 0.308 e. The van der Waals surface area contributed by atoms with E-state index in [1.807, 2.05) is 0 Å². The molecule has 1 atom stereocenters. The summed E-state index contributed by atoms with van der Waals surface area (Å²) in [6, 6.07) is 11.3. The zero-order valence-electron chi connectivity index (χ0n) is 15.3. The fourth-order valence-electron chi connectivity index (χ4n) is 2.98. The number of carbonyl (C=O) groups excluding carboxylic acids is 2. The first kappa shape index (κ1) is 18.5. The van der Waals surface area contributed by atoms with E-state index in [9.17, 15) is 14.7 Å². The first-order valence-corrected chi connectivity index (χ1v) is 8.45. The van der Waals surface area contributed by atoms with Gasteiger partial charge in [-0.15, -0.1) is 0 Å². The van der Waals surface area contributed by atoms with Gasteiger partial charge in [0.25, 0.3) is 0 Å². The van der Waals surface area contributed by atoms with Gasteiger partial charge in [0.2, 0.25) is 0 Å². The number of ketones is 1. The van der Waals surface area contributed by atoms with Gasteiger partial charge in [-0.25, -0.2) is 0 Å². The lowest BCUT2D eigenvalue weighted by Crippen LogP contribution is -2.16. The lowest BCUT2D eigenvalue weighted by Gasteiger charge is -2.09. The molecule has 0 aliphatic rings. The van der Waals surface area contributed by atoms with Crippen molar-refractivity contribution in [1.29, 1.82) is 0 Å². The van der Waals surface area contributed by atoms with Crippen LogP contribution in [0.25, 0.3) is 11.0 Å². The SMILES string of the molecule is COC(=O)C(C)Cc1oc2ccc(O)cc2c1C(=O)c1ccc(OC)cc1. The highest BCUT2D eigenvalue weighted by molar-refractivity contribution is 6.17. The molecule has 27 heavy (non-hydrogen) atoms. The van der Waals surface area contributed by atoms with Gasteiger partial charge in [0, 0.05) is 17.4 Å². The molecular weight excluding hydrogens is 348 g/mol. The fourth-order valence-corrected chi connectivity index (χ4v) is 2.98. The van der Waals surface area contributed by atoms with Crippen LogP contribution in [0, 0.1) is 5.92 Å². The zero-order valence-corrected chi connectivity index (χ0v) is 15.3. The van der Waals surface area contributed by atoms with Gasteiger partial charge in [0.1, 0.15) is 22.8 Å². The molecule has 6 heteroatoms. The Morgan fingerprint density at radius 2 is 1.81 bits per heavy atom. The molecule has 3 aromatic rings. The number of furan rings is 1. The van der Waals surface area contributed by atoms with E-state index in [-0.39, 0.29) is 23.9 Å². The molecule has 0 aliphatic heterocycles. The summed E-state index contributed by atoms with van der Waals surface area (Å²) in [5.41, 5.74) is 1.26. The van der Waals surface area contributed by atoms with E-state index >= 15 is 0 Å². The number of hydrogen-bond acceptors (Lipinski definition) is 6. The van der Waals surface area contributed by atoms with Crippen molar-refractivity contribution in [3.05, 3.63) is 59.4 Å². The summed E-state index contributed by atoms with van der Waals surface area (Å²) >= 11 is 0. The number of hydrogen-bond donors (Lipinski definition) is 1. The molecule has 0 aliphatic carbocycles. The molecule has 0 spiro atoms. The molecule has 0 amide bonds. The van der Waals surface area contributed by atoms with Crippen LogP contribution >= 0.6 is 0 Å². The molecule has 1 N–H and O–H groups in total. The van der Waals surface area contributed by atoms with Crippen molar-refractivity contribution in [2.24, 2.45) is 5.92 Å². The molecule has 0 bridgehead atoms. The second kappa shape index (κ2) is 7.53. The Morgan fingerprint density at radius 3 is 2.44 bits per heavy atom. The zero-order chi connectivity index (χ0) is 19.6. The van der Waals surface area contributed by atoms with Crippen LogP contribution in [0.15, 0.2) is 46.9 Å². The summed E-state index contributed by atoms with van der Waals surface area (Å²) in [7, 11) is 2.87. The summed E-state index contributed by atoms with van der Waals surface area (Å²) < 4.78 is 15.7. The van der Waals surface area contributed by atoms with Crippen LogP contribution in [-0.2, 0) is 16.0 Å². The highest BCUT2D eigenvalue weighted by atomic mass is 16.5. The first-order chi connectivity index (χ1) is 12.9. The average molecular weight is 368 g/mol. The van der Waals surface area contributed by atoms with E-state index in [0.717, 1.165) is 0 Å². The molecule has 2 aromatic carbocycles. The maximum atomic E-state index is 13.2. The Balaban J connectivity index is 2.09. The predicted octanol–water partition coefficient (Wildman–Crippen LogP) is 3.73. The maximum absolute atomic E-state index is 13.2. The van der Waals surface area contributed by atoms with Crippen molar-refractivity contribution < 1.29 is 28.6 Å². The number of rotatable bonds is 6. The molecule has 0 radical (unpaired) electrons. The van der Waals surface area contributed by atoms with Gasteiger partial charge < -0.3 is 19.0 Å². The van der Waals surface area contributed by atoms with Crippen molar-refractivity contribution in [2.45, 2.75) is 13.3 Å². The summed E-state index contributed by atoms with van der Waals surface area (Å²) in [5.74, 6) is -0.0726. The number of carbonyl (C=O) groups is 2. The number of methoxy groups -OCH3 is 2. The lowest BCUT2D eigenvalue weighted by molar-refractivity contribution is -0.144. The summed E-state index contributed by atoms with van der Waals surface area (Å²) in [5, 5.41) is 10.4. The Hall–Kier alpha value is -3.28. The van der Waals surface area contributed by atoms with Gasteiger partial charge in [-0.2, -0.15) is 0 Å². The van der Waals surface area contributed by atoms with E-state index < -0.39 is 5.92 Å². The maximum Gasteiger partial charge on any atom is 0.308 e. The standard InChI is InChI=1S/C21H20O6/c1-12(21(24)26-3)10-18-19(16-11-14(22)6-9-17(16)27-18)20(23)13-4-7-15(25-2)8-5-13/h4-9,11-12,22H,10H2,1-3H3. The molecular formula is C21H20O6. The van der Waals surface area contributed by atoms with Crippen LogP contribution in [0.1, 0.15) is 28.6 Å². The molecule has 1 heterocycles. The normalized spacial score (nSPS) is 12.0. The minimum Gasteiger partial charge on any atom is -0.508 e. The third kappa shape index (κ3) is 3.65. The Kier molecular flexibility index (Phi) is 5.16. The number of ether oxygens (including phenoxy) is 2. The second-order valence-corrected chi connectivity index (χ2v) is 6.27. The van der Waals surface area contributed by atoms with Crippen LogP contribution in [0.3, 0.4) is 0 Å². The van der Waals surface area contributed by atoms with E-state index in [0.29, 0.717) is 33.6 Å². The van der Waals surface area contributed by atoms with Crippen molar-refractivity contribution >= 4 is 22.7 Å². The molecule has 3 rings (SSSR count). The van der Waals surface area contributed by atoms with Gasteiger partial charge in [0.15, 0.2) is 5.78 Å². The van der Waals surface area contributed by atoms with Crippen LogP contribution in [0.2, 0.25) is 0 Å². The molecule has 0 saturated heterocycles. The minimum absolute atomic E-state index is 0.0275.